The van der Waals surface area contributed by atoms with Crippen molar-refractivity contribution in [3.8, 4) is 5.88 Å². The van der Waals surface area contributed by atoms with Crippen LogP contribution in [0.1, 0.15) is 5.56 Å². The normalized spacial score (nSPS) is 14.5. The topological polar surface area (TPSA) is 65.9 Å². The van der Waals surface area contributed by atoms with Gasteiger partial charge in [0, 0.05) is 45.3 Å². The summed E-state index contributed by atoms with van der Waals surface area (Å²) in [7, 11) is 3.32. The second kappa shape index (κ2) is 10.7. The molecule has 10 heteroatoms. The number of halogens is 3. The van der Waals surface area contributed by atoms with E-state index in [-0.39, 0.29) is 29.8 Å². The Morgan fingerprint density at radius 1 is 1.29 bits per heavy atom. The van der Waals surface area contributed by atoms with Crippen LogP contribution in [0.5, 0.6) is 5.88 Å². The molecule has 0 amide bonds. The number of guanidine groups is 1. The molecule has 0 saturated carbocycles. The molecule has 2 aromatic rings. The molecule has 1 N–H and O–H groups in total. The molecular formula is C18H23BrFIN6O. The maximum absolute atomic E-state index is 13.8. The summed E-state index contributed by atoms with van der Waals surface area (Å²) in [5.74, 6) is 1.70. The lowest BCUT2D eigenvalue weighted by Gasteiger charge is -2.36. The van der Waals surface area contributed by atoms with Gasteiger partial charge in [-0.1, -0.05) is 18.2 Å². The van der Waals surface area contributed by atoms with E-state index in [1.54, 1.807) is 32.5 Å². The van der Waals surface area contributed by atoms with Gasteiger partial charge in [0.15, 0.2) is 5.96 Å². The molecule has 0 aliphatic carbocycles. The molecule has 1 aromatic carbocycles. The van der Waals surface area contributed by atoms with Crippen molar-refractivity contribution in [1.82, 2.24) is 20.2 Å². The van der Waals surface area contributed by atoms with Gasteiger partial charge in [0.1, 0.15) is 5.82 Å². The minimum absolute atomic E-state index is 0. The fraction of sp³-hybridized carbons (Fsp3) is 0.389. The van der Waals surface area contributed by atoms with Crippen molar-refractivity contribution in [2.75, 3.05) is 45.2 Å². The zero-order chi connectivity index (χ0) is 19.2. The van der Waals surface area contributed by atoms with E-state index in [9.17, 15) is 4.39 Å². The van der Waals surface area contributed by atoms with Gasteiger partial charge in [0.05, 0.1) is 17.8 Å². The molecule has 1 fully saturated rings. The largest absolute Gasteiger partial charge is 0.480 e. The number of rotatable bonds is 4. The standard InChI is InChI=1S/C18H22BrFN6O.HI/c1-21-17(22-11-13-5-3-4-6-15(13)20)25-7-9-26(10-8-25)18-23-12-14(19)16(24-18)27-2;/h3-6,12H,7-11H2,1-2H3,(H,21,22);1H. The molecule has 28 heavy (non-hydrogen) atoms. The van der Waals surface area contributed by atoms with E-state index in [0.717, 1.165) is 36.6 Å². The van der Waals surface area contributed by atoms with Crippen LogP contribution in [0.4, 0.5) is 10.3 Å². The fourth-order valence-electron chi connectivity index (χ4n) is 2.90. The summed E-state index contributed by atoms with van der Waals surface area (Å²) >= 11 is 3.37. The molecule has 1 saturated heterocycles. The Bertz CT molecular complexity index is 816. The first-order chi connectivity index (χ1) is 13.1. The third kappa shape index (κ3) is 5.43. The molecular weight excluding hydrogens is 542 g/mol. The highest BCUT2D eigenvalue weighted by Gasteiger charge is 2.22. The van der Waals surface area contributed by atoms with E-state index in [0.29, 0.717) is 23.9 Å². The summed E-state index contributed by atoms with van der Waals surface area (Å²) in [4.78, 5) is 17.4. The summed E-state index contributed by atoms with van der Waals surface area (Å²) < 4.78 is 19.8. The van der Waals surface area contributed by atoms with Crippen molar-refractivity contribution in [2.45, 2.75) is 6.54 Å². The van der Waals surface area contributed by atoms with Gasteiger partial charge in [-0.3, -0.25) is 4.99 Å². The predicted molar refractivity (Wildman–Crippen MR) is 122 cm³/mol. The Hall–Kier alpha value is -1.69. The Morgan fingerprint density at radius 2 is 2.00 bits per heavy atom. The monoisotopic (exact) mass is 564 g/mol. The summed E-state index contributed by atoms with van der Waals surface area (Å²) in [5.41, 5.74) is 0.618. The SMILES string of the molecule is CN=C(NCc1ccccc1F)N1CCN(c2ncc(Br)c(OC)n2)CC1.I. The van der Waals surface area contributed by atoms with Crippen molar-refractivity contribution < 1.29 is 9.13 Å². The number of piperazine rings is 1. The number of ether oxygens (including phenoxy) is 1. The molecule has 0 atom stereocenters. The molecule has 0 spiro atoms. The smallest absolute Gasteiger partial charge is 0.232 e. The number of hydrogen-bond donors (Lipinski definition) is 1. The molecule has 0 radical (unpaired) electrons. The molecule has 1 aliphatic rings. The summed E-state index contributed by atoms with van der Waals surface area (Å²) in [6.45, 7) is 3.43. The van der Waals surface area contributed by atoms with E-state index in [4.69, 9.17) is 4.74 Å². The quantitative estimate of drug-likeness (QED) is 0.350. The van der Waals surface area contributed by atoms with Gasteiger partial charge in [0.25, 0.3) is 0 Å². The number of benzene rings is 1. The lowest BCUT2D eigenvalue weighted by Crippen LogP contribution is -2.52. The lowest BCUT2D eigenvalue weighted by atomic mass is 10.2. The van der Waals surface area contributed by atoms with Gasteiger partial charge in [0.2, 0.25) is 11.8 Å². The number of nitrogens with one attached hydrogen (secondary N) is 1. The number of aliphatic imine (C=N–C) groups is 1. The van der Waals surface area contributed by atoms with Crippen LogP contribution in [-0.4, -0.2) is 61.2 Å². The van der Waals surface area contributed by atoms with Crippen LogP contribution in [0.3, 0.4) is 0 Å². The number of hydrogen-bond acceptors (Lipinski definition) is 5. The van der Waals surface area contributed by atoms with E-state index < -0.39 is 0 Å². The molecule has 3 rings (SSSR count). The van der Waals surface area contributed by atoms with Crippen LogP contribution < -0.4 is 15.0 Å². The Balaban J connectivity index is 0.00000280. The molecule has 152 valence electrons. The molecule has 1 aliphatic heterocycles. The zero-order valence-corrected chi connectivity index (χ0v) is 19.6. The minimum atomic E-state index is -0.216. The van der Waals surface area contributed by atoms with Gasteiger partial charge in [-0.15, -0.1) is 24.0 Å². The lowest BCUT2D eigenvalue weighted by molar-refractivity contribution is 0.366. The third-order valence-electron chi connectivity index (χ3n) is 4.36. The van der Waals surface area contributed by atoms with Crippen molar-refractivity contribution >= 4 is 51.8 Å². The molecule has 1 aromatic heterocycles. The van der Waals surface area contributed by atoms with Gasteiger partial charge in [-0.05, 0) is 22.0 Å². The van der Waals surface area contributed by atoms with E-state index in [2.05, 4.69) is 46.0 Å². The summed E-state index contributed by atoms with van der Waals surface area (Å²) in [6, 6.07) is 6.75. The van der Waals surface area contributed by atoms with Crippen LogP contribution in [0.2, 0.25) is 0 Å². The molecule has 0 unspecified atom stereocenters. The predicted octanol–water partition coefficient (Wildman–Crippen LogP) is 2.90. The highest BCUT2D eigenvalue weighted by Crippen LogP contribution is 2.23. The van der Waals surface area contributed by atoms with Crippen LogP contribution in [-0.2, 0) is 6.54 Å². The van der Waals surface area contributed by atoms with Gasteiger partial charge >= 0.3 is 0 Å². The van der Waals surface area contributed by atoms with Crippen LogP contribution in [0.25, 0.3) is 0 Å². The maximum Gasteiger partial charge on any atom is 0.232 e. The van der Waals surface area contributed by atoms with Gasteiger partial charge in [-0.25, -0.2) is 9.37 Å². The number of anilines is 1. The van der Waals surface area contributed by atoms with Gasteiger partial charge < -0.3 is 19.9 Å². The Morgan fingerprint density at radius 3 is 2.64 bits per heavy atom. The minimum Gasteiger partial charge on any atom is -0.480 e. The van der Waals surface area contributed by atoms with Crippen molar-refractivity contribution in [3.05, 3.63) is 46.3 Å². The van der Waals surface area contributed by atoms with E-state index in [1.807, 2.05) is 6.07 Å². The van der Waals surface area contributed by atoms with Crippen molar-refractivity contribution in [2.24, 2.45) is 4.99 Å². The summed E-state index contributed by atoms with van der Waals surface area (Å²) in [5, 5.41) is 3.24. The second-order valence-electron chi connectivity index (χ2n) is 5.99. The van der Waals surface area contributed by atoms with Crippen molar-refractivity contribution in [3.63, 3.8) is 0 Å². The Labute approximate surface area is 189 Å². The van der Waals surface area contributed by atoms with Gasteiger partial charge in [-0.2, -0.15) is 4.98 Å². The average Bonchev–Trinajstić information content (AvgIpc) is 2.70. The number of nitrogens with zero attached hydrogens (tertiary/aromatic N) is 5. The van der Waals surface area contributed by atoms with Crippen LogP contribution in [0.15, 0.2) is 39.9 Å². The van der Waals surface area contributed by atoms with E-state index in [1.165, 1.54) is 6.07 Å². The fourth-order valence-corrected chi connectivity index (χ4v) is 3.26. The maximum atomic E-state index is 13.8. The van der Waals surface area contributed by atoms with Crippen molar-refractivity contribution in [1.29, 1.82) is 0 Å². The van der Waals surface area contributed by atoms with Crippen LogP contribution in [0, 0.1) is 5.82 Å². The Kier molecular flexibility index (Phi) is 8.67. The average molecular weight is 565 g/mol. The molecule has 0 bridgehead atoms. The zero-order valence-electron chi connectivity index (χ0n) is 15.7. The van der Waals surface area contributed by atoms with Crippen LogP contribution >= 0.6 is 39.9 Å². The first-order valence-electron chi connectivity index (χ1n) is 8.63. The number of methoxy groups -OCH3 is 1. The number of aromatic nitrogens is 2. The third-order valence-corrected chi connectivity index (χ3v) is 4.91. The van der Waals surface area contributed by atoms with E-state index >= 15 is 0 Å². The second-order valence-corrected chi connectivity index (χ2v) is 6.85. The first-order valence-corrected chi connectivity index (χ1v) is 9.42. The molecule has 7 nitrogen and oxygen atoms in total. The molecule has 2 heterocycles. The summed E-state index contributed by atoms with van der Waals surface area (Å²) in [6.07, 6.45) is 1.70. The highest BCUT2D eigenvalue weighted by atomic mass is 127. The first kappa shape index (κ1) is 22.6. The highest BCUT2D eigenvalue weighted by molar-refractivity contribution is 14.0.